The molecule has 1 amide bonds. The Morgan fingerprint density at radius 2 is 2.07 bits per heavy atom. The van der Waals surface area contributed by atoms with E-state index in [9.17, 15) is 9.59 Å². The van der Waals surface area contributed by atoms with E-state index < -0.39 is 0 Å². The topological polar surface area (TPSA) is 76.9 Å². The predicted molar refractivity (Wildman–Crippen MR) is 108 cm³/mol. The Morgan fingerprint density at radius 1 is 1.22 bits per heavy atom. The largest absolute Gasteiger partial charge is 0.302 e. The molecule has 2 aromatic heterocycles. The molecular formula is C20H18N4O2S. The number of carbonyl (C=O) groups excluding carboxylic acids is 1. The quantitative estimate of drug-likeness (QED) is 0.588. The molecule has 6 nitrogen and oxygen atoms in total. The summed E-state index contributed by atoms with van der Waals surface area (Å²) in [5.74, 6) is -0.179. The van der Waals surface area contributed by atoms with E-state index in [1.165, 1.54) is 22.2 Å². The molecule has 0 fully saturated rings. The summed E-state index contributed by atoms with van der Waals surface area (Å²) in [5.41, 5.74) is 3.55. The van der Waals surface area contributed by atoms with Crippen LogP contribution in [-0.2, 0) is 11.3 Å². The average molecular weight is 378 g/mol. The maximum atomic E-state index is 12.6. The highest BCUT2D eigenvalue weighted by molar-refractivity contribution is 7.22. The molecule has 0 aliphatic rings. The van der Waals surface area contributed by atoms with Crippen molar-refractivity contribution < 1.29 is 4.79 Å². The maximum absolute atomic E-state index is 12.6. The molecule has 0 unspecified atom stereocenters. The van der Waals surface area contributed by atoms with Crippen molar-refractivity contribution in [3.05, 3.63) is 64.2 Å². The number of nitrogens with zero attached hydrogens (tertiary/aromatic N) is 3. The molecule has 0 aliphatic heterocycles. The van der Waals surface area contributed by atoms with Crippen molar-refractivity contribution in [2.45, 2.75) is 26.8 Å². The number of rotatable bonds is 4. The minimum atomic E-state index is -0.179. The molecule has 0 bridgehead atoms. The summed E-state index contributed by atoms with van der Waals surface area (Å²) in [6, 6.07) is 11.5. The van der Waals surface area contributed by atoms with Gasteiger partial charge in [-0.1, -0.05) is 29.5 Å². The van der Waals surface area contributed by atoms with Crippen LogP contribution in [0.15, 0.2) is 47.5 Å². The lowest BCUT2D eigenvalue weighted by atomic mass is 10.1. The fourth-order valence-electron chi connectivity index (χ4n) is 2.99. The number of para-hydroxylation sites is 1. The van der Waals surface area contributed by atoms with Gasteiger partial charge >= 0.3 is 0 Å². The van der Waals surface area contributed by atoms with Crippen LogP contribution >= 0.6 is 11.3 Å². The third kappa shape index (κ3) is 3.46. The molecule has 2 aromatic carbocycles. The fourth-order valence-corrected chi connectivity index (χ4v) is 3.97. The first kappa shape index (κ1) is 17.4. The zero-order chi connectivity index (χ0) is 19.0. The van der Waals surface area contributed by atoms with Gasteiger partial charge in [0.1, 0.15) is 0 Å². The van der Waals surface area contributed by atoms with Gasteiger partial charge < -0.3 is 5.32 Å². The van der Waals surface area contributed by atoms with Gasteiger partial charge in [-0.05, 0) is 43.2 Å². The van der Waals surface area contributed by atoms with Crippen molar-refractivity contribution in [1.29, 1.82) is 0 Å². The van der Waals surface area contributed by atoms with Crippen LogP contribution < -0.4 is 10.9 Å². The van der Waals surface area contributed by atoms with Gasteiger partial charge in [-0.25, -0.2) is 9.97 Å². The number of fused-ring (bicyclic) bond motifs is 2. The van der Waals surface area contributed by atoms with E-state index in [1.807, 2.05) is 44.2 Å². The lowest BCUT2D eigenvalue weighted by Crippen LogP contribution is -2.23. The molecule has 0 saturated heterocycles. The molecule has 0 spiro atoms. The number of anilines is 1. The summed E-state index contributed by atoms with van der Waals surface area (Å²) in [4.78, 5) is 33.6. The smallest absolute Gasteiger partial charge is 0.261 e. The molecule has 0 radical (unpaired) electrons. The zero-order valence-corrected chi connectivity index (χ0v) is 15.8. The summed E-state index contributed by atoms with van der Waals surface area (Å²) < 4.78 is 2.51. The standard InChI is InChI=1S/C20H18N4O2S/c1-12-6-7-15-16(10-12)27-20(22-15)23-17(25)8-9-24-11-21-18-13(2)4-3-5-14(18)19(24)26/h3-7,10-11H,8-9H2,1-2H3,(H,22,23,25). The van der Waals surface area contributed by atoms with Gasteiger partial charge in [0, 0.05) is 13.0 Å². The third-order valence-electron chi connectivity index (χ3n) is 4.43. The van der Waals surface area contributed by atoms with E-state index in [4.69, 9.17) is 0 Å². The lowest BCUT2D eigenvalue weighted by molar-refractivity contribution is -0.116. The monoisotopic (exact) mass is 378 g/mol. The number of nitrogens with one attached hydrogen (secondary N) is 1. The van der Waals surface area contributed by atoms with Gasteiger partial charge in [0.05, 0.1) is 27.4 Å². The van der Waals surface area contributed by atoms with Crippen molar-refractivity contribution in [1.82, 2.24) is 14.5 Å². The lowest BCUT2D eigenvalue weighted by Gasteiger charge is -2.07. The van der Waals surface area contributed by atoms with Crippen LogP contribution in [0.2, 0.25) is 0 Å². The number of carbonyl (C=O) groups is 1. The zero-order valence-electron chi connectivity index (χ0n) is 15.0. The molecule has 4 rings (SSSR count). The van der Waals surface area contributed by atoms with Crippen LogP contribution in [0.5, 0.6) is 0 Å². The van der Waals surface area contributed by atoms with E-state index in [2.05, 4.69) is 15.3 Å². The Kier molecular flexibility index (Phi) is 4.45. The molecule has 7 heteroatoms. The summed E-state index contributed by atoms with van der Waals surface area (Å²) in [5, 5.41) is 3.96. The van der Waals surface area contributed by atoms with Crippen LogP contribution in [0.25, 0.3) is 21.1 Å². The third-order valence-corrected chi connectivity index (χ3v) is 5.36. The van der Waals surface area contributed by atoms with Gasteiger partial charge in [-0.2, -0.15) is 0 Å². The highest BCUT2D eigenvalue weighted by atomic mass is 32.1. The van der Waals surface area contributed by atoms with E-state index in [0.29, 0.717) is 16.0 Å². The number of aryl methyl sites for hydroxylation is 3. The SMILES string of the molecule is Cc1ccc2nc(NC(=O)CCn3cnc4c(C)cccc4c3=O)sc2c1. The van der Waals surface area contributed by atoms with E-state index in [0.717, 1.165) is 21.3 Å². The van der Waals surface area contributed by atoms with Crippen LogP contribution in [0.4, 0.5) is 5.13 Å². The van der Waals surface area contributed by atoms with Gasteiger partial charge in [0.15, 0.2) is 5.13 Å². The van der Waals surface area contributed by atoms with Crippen molar-refractivity contribution >= 4 is 43.5 Å². The summed E-state index contributed by atoms with van der Waals surface area (Å²) in [6.07, 6.45) is 1.68. The van der Waals surface area contributed by atoms with Crippen LogP contribution in [0.1, 0.15) is 17.5 Å². The van der Waals surface area contributed by atoms with Gasteiger partial charge in [-0.15, -0.1) is 0 Å². The molecule has 2 heterocycles. The maximum Gasteiger partial charge on any atom is 0.261 e. The normalized spacial score (nSPS) is 11.2. The first-order valence-corrected chi connectivity index (χ1v) is 9.45. The first-order chi connectivity index (χ1) is 13.0. The number of hydrogen-bond acceptors (Lipinski definition) is 5. The molecule has 136 valence electrons. The molecule has 0 atom stereocenters. The molecular weight excluding hydrogens is 360 g/mol. The summed E-state index contributed by atoms with van der Waals surface area (Å²) >= 11 is 1.44. The highest BCUT2D eigenvalue weighted by Gasteiger charge is 2.10. The second-order valence-corrected chi connectivity index (χ2v) is 7.53. The number of hydrogen-bond donors (Lipinski definition) is 1. The Balaban J connectivity index is 1.48. The number of thiazole rings is 1. The number of aromatic nitrogens is 3. The molecule has 0 aliphatic carbocycles. The van der Waals surface area contributed by atoms with Crippen LogP contribution in [0, 0.1) is 13.8 Å². The Morgan fingerprint density at radius 3 is 2.93 bits per heavy atom. The van der Waals surface area contributed by atoms with Gasteiger partial charge in [-0.3, -0.25) is 14.2 Å². The van der Waals surface area contributed by atoms with E-state index in [1.54, 1.807) is 6.07 Å². The number of amides is 1. The summed E-state index contributed by atoms with van der Waals surface area (Å²) in [7, 11) is 0. The fraction of sp³-hybridized carbons (Fsp3) is 0.200. The van der Waals surface area contributed by atoms with Crippen molar-refractivity contribution in [2.24, 2.45) is 0 Å². The Labute approximate surface area is 159 Å². The second kappa shape index (κ2) is 6.92. The second-order valence-electron chi connectivity index (χ2n) is 6.50. The molecule has 4 aromatic rings. The minimum Gasteiger partial charge on any atom is -0.302 e. The summed E-state index contributed by atoms with van der Waals surface area (Å²) in [6.45, 7) is 4.21. The van der Waals surface area contributed by atoms with Gasteiger partial charge in [0.2, 0.25) is 5.91 Å². The van der Waals surface area contributed by atoms with Gasteiger partial charge in [0.25, 0.3) is 5.56 Å². The molecule has 1 N–H and O–H groups in total. The molecule has 27 heavy (non-hydrogen) atoms. The molecule has 0 saturated carbocycles. The minimum absolute atomic E-state index is 0.132. The van der Waals surface area contributed by atoms with Crippen molar-refractivity contribution in [3.8, 4) is 0 Å². The Hall–Kier alpha value is -3.06. The predicted octanol–water partition coefficient (Wildman–Crippen LogP) is 3.65. The highest BCUT2D eigenvalue weighted by Crippen LogP contribution is 2.26. The van der Waals surface area contributed by atoms with Crippen LogP contribution in [-0.4, -0.2) is 20.4 Å². The van der Waals surface area contributed by atoms with Crippen molar-refractivity contribution in [2.75, 3.05) is 5.32 Å². The number of benzene rings is 2. The van der Waals surface area contributed by atoms with Crippen molar-refractivity contribution in [3.63, 3.8) is 0 Å². The van der Waals surface area contributed by atoms with E-state index >= 15 is 0 Å². The first-order valence-electron chi connectivity index (χ1n) is 8.63. The average Bonchev–Trinajstić information content (AvgIpc) is 3.03. The van der Waals surface area contributed by atoms with E-state index in [-0.39, 0.29) is 24.4 Å². The Bertz CT molecular complexity index is 1230. The van der Waals surface area contributed by atoms with Crippen LogP contribution in [0.3, 0.4) is 0 Å².